The Balaban J connectivity index is 2.06. The van der Waals surface area contributed by atoms with E-state index >= 15 is 0 Å². The zero-order valence-corrected chi connectivity index (χ0v) is 11.3. The second-order valence-electron chi connectivity index (χ2n) is 3.89. The molecular formula is C14H10Cl2FNO. The molecule has 1 amide bonds. The SMILES string of the molecule is O=C(NCc1c(F)cccc1Cl)c1ccc(Cl)cc1. The monoisotopic (exact) mass is 297 g/mol. The maximum Gasteiger partial charge on any atom is 0.251 e. The third-order valence-electron chi connectivity index (χ3n) is 2.59. The lowest BCUT2D eigenvalue weighted by Crippen LogP contribution is -2.23. The highest BCUT2D eigenvalue weighted by atomic mass is 35.5. The Morgan fingerprint density at radius 2 is 1.79 bits per heavy atom. The lowest BCUT2D eigenvalue weighted by molar-refractivity contribution is 0.0950. The summed E-state index contributed by atoms with van der Waals surface area (Å²) in [6.45, 7) is 0.0347. The largest absolute Gasteiger partial charge is 0.348 e. The van der Waals surface area contributed by atoms with E-state index in [9.17, 15) is 9.18 Å². The van der Waals surface area contributed by atoms with E-state index in [1.54, 1.807) is 30.3 Å². The van der Waals surface area contributed by atoms with Gasteiger partial charge >= 0.3 is 0 Å². The van der Waals surface area contributed by atoms with Crippen molar-refractivity contribution in [1.82, 2.24) is 5.32 Å². The second kappa shape index (κ2) is 6.04. The maximum absolute atomic E-state index is 13.5. The van der Waals surface area contributed by atoms with E-state index in [0.29, 0.717) is 10.6 Å². The molecule has 0 bridgehead atoms. The fourth-order valence-electron chi connectivity index (χ4n) is 1.57. The quantitative estimate of drug-likeness (QED) is 0.909. The molecule has 2 aromatic rings. The first-order valence-corrected chi connectivity index (χ1v) is 6.30. The van der Waals surface area contributed by atoms with Crippen molar-refractivity contribution < 1.29 is 9.18 Å². The van der Waals surface area contributed by atoms with Gasteiger partial charge in [0.2, 0.25) is 0 Å². The van der Waals surface area contributed by atoms with Gasteiger partial charge in [0.15, 0.2) is 0 Å². The Morgan fingerprint density at radius 3 is 2.42 bits per heavy atom. The molecule has 0 saturated carbocycles. The molecule has 5 heteroatoms. The van der Waals surface area contributed by atoms with Gasteiger partial charge in [-0.2, -0.15) is 0 Å². The van der Waals surface area contributed by atoms with Crippen molar-refractivity contribution in [2.45, 2.75) is 6.54 Å². The fraction of sp³-hybridized carbons (Fsp3) is 0.0714. The van der Waals surface area contributed by atoms with Crippen LogP contribution in [0.5, 0.6) is 0 Å². The maximum atomic E-state index is 13.5. The minimum Gasteiger partial charge on any atom is -0.348 e. The highest BCUT2D eigenvalue weighted by Crippen LogP contribution is 2.18. The molecule has 0 aliphatic rings. The van der Waals surface area contributed by atoms with Crippen LogP contribution in [0.3, 0.4) is 0 Å². The molecule has 2 rings (SSSR count). The van der Waals surface area contributed by atoms with Crippen LogP contribution in [0, 0.1) is 5.82 Å². The molecule has 98 valence electrons. The van der Waals surface area contributed by atoms with Gasteiger partial charge in [0, 0.05) is 27.7 Å². The number of hydrogen-bond donors (Lipinski definition) is 1. The number of hydrogen-bond acceptors (Lipinski definition) is 1. The Morgan fingerprint density at radius 1 is 1.11 bits per heavy atom. The summed E-state index contributed by atoms with van der Waals surface area (Å²) in [6.07, 6.45) is 0. The van der Waals surface area contributed by atoms with Crippen molar-refractivity contribution in [3.63, 3.8) is 0 Å². The average Bonchev–Trinajstić information content (AvgIpc) is 2.38. The number of benzene rings is 2. The number of halogens is 3. The van der Waals surface area contributed by atoms with Crippen LogP contribution in [0.25, 0.3) is 0 Å². The number of nitrogens with one attached hydrogen (secondary N) is 1. The zero-order chi connectivity index (χ0) is 13.8. The summed E-state index contributed by atoms with van der Waals surface area (Å²) < 4.78 is 13.5. The molecule has 0 atom stereocenters. The van der Waals surface area contributed by atoms with E-state index in [1.165, 1.54) is 12.1 Å². The van der Waals surface area contributed by atoms with Gasteiger partial charge in [0.1, 0.15) is 5.82 Å². The highest BCUT2D eigenvalue weighted by molar-refractivity contribution is 6.31. The molecule has 1 N–H and O–H groups in total. The van der Waals surface area contributed by atoms with Crippen LogP contribution in [0.15, 0.2) is 42.5 Å². The van der Waals surface area contributed by atoms with Crippen LogP contribution >= 0.6 is 23.2 Å². The van der Waals surface area contributed by atoms with Crippen LogP contribution in [0.2, 0.25) is 10.0 Å². The first-order valence-electron chi connectivity index (χ1n) is 5.54. The van der Waals surface area contributed by atoms with Crippen LogP contribution in [-0.2, 0) is 6.54 Å². The van der Waals surface area contributed by atoms with E-state index in [2.05, 4.69) is 5.32 Å². The van der Waals surface area contributed by atoms with E-state index < -0.39 is 5.82 Å². The molecule has 0 aromatic heterocycles. The van der Waals surface area contributed by atoms with Crippen molar-refractivity contribution in [3.8, 4) is 0 Å². The van der Waals surface area contributed by atoms with Gasteiger partial charge in [-0.1, -0.05) is 29.3 Å². The van der Waals surface area contributed by atoms with Crippen molar-refractivity contribution in [2.75, 3.05) is 0 Å². The summed E-state index contributed by atoms with van der Waals surface area (Å²) in [5.41, 5.74) is 0.725. The molecule has 0 unspecified atom stereocenters. The Kier molecular flexibility index (Phi) is 4.40. The molecular weight excluding hydrogens is 288 g/mol. The smallest absolute Gasteiger partial charge is 0.251 e. The molecule has 0 aliphatic carbocycles. The van der Waals surface area contributed by atoms with Crippen LogP contribution in [0.4, 0.5) is 4.39 Å². The minimum atomic E-state index is -0.441. The molecule has 0 aliphatic heterocycles. The summed E-state index contributed by atoms with van der Waals surface area (Å²) in [4.78, 5) is 11.8. The first kappa shape index (κ1) is 13.8. The third-order valence-corrected chi connectivity index (χ3v) is 3.20. The Labute approximate surface area is 120 Å². The van der Waals surface area contributed by atoms with E-state index in [0.717, 1.165) is 0 Å². The number of amides is 1. The number of rotatable bonds is 3. The summed E-state index contributed by atoms with van der Waals surface area (Å²) >= 11 is 11.6. The van der Waals surface area contributed by atoms with Crippen LogP contribution < -0.4 is 5.32 Å². The van der Waals surface area contributed by atoms with Crippen molar-refractivity contribution in [3.05, 3.63) is 69.5 Å². The first-order chi connectivity index (χ1) is 9.08. The van der Waals surface area contributed by atoms with E-state index in [-0.39, 0.29) is 23.0 Å². The van der Waals surface area contributed by atoms with Gasteiger partial charge in [0.05, 0.1) is 0 Å². The van der Waals surface area contributed by atoms with Gasteiger partial charge in [-0.15, -0.1) is 0 Å². The topological polar surface area (TPSA) is 29.1 Å². The van der Waals surface area contributed by atoms with Gasteiger partial charge in [-0.05, 0) is 36.4 Å². The summed E-state index contributed by atoms with van der Waals surface area (Å²) in [5, 5.41) is 3.45. The van der Waals surface area contributed by atoms with Crippen LogP contribution in [0.1, 0.15) is 15.9 Å². The van der Waals surface area contributed by atoms with Crippen molar-refractivity contribution >= 4 is 29.1 Å². The molecule has 0 radical (unpaired) electrons. The molecule has 2 aromatic carbocycles. The van der Waals surface area contributed by atoms with E-state index in [1.807, 2.05) is 0 Å². The lowest BCUT2D eigenvalue weighted by Gasteiger charge is -2.08. The van der Waals surface area contributed by atoms with Gasteiger partial charge in [-0.25, -0.2) is 4.39 Å². The van der Waals surface area contributed by atoms with Gasteiger partial charge in [0.25, 0.3) is 5.91 Å². The van der Waals surface area contributed by atoms with Crippen LogP contribution in [-0.4, -0.2) is 5.91 Å². The predicted octanol–water partition coefficient (Wildman–Crippen LogP) is 4.06. The standard InChI is InChI=1S/C14H10Cl2FNO/c15-10-6-4-9(5-7-10)14(19)18-8-11-12(16)2-1-3-13(11)17/h1-7H,8H2,(H,18,19). The summed E-state index contributed by atoms with van der Waals surface area (Å²) in [6, 6.07) is 10.8. The number of carbonyl (C=O) groups excluding carboxylic acids is 1. The molecule has 0 heterocycles. The predicted molar refractivity (Wildman–Crippen MR) is 74.0 cm³/mol. The fourth-order valence-corrected chi connectivity index (χ4v) is 1.93. The Bertz CT molecular complexity index is 579. The highest BCUT2D eigenvalue weighted by Gasteiger charge is 2.09. The lowest BCUT2D eigenvalue weighted by atomic mass is 10.2. The second-order valence-corrected chi connectivity index (χ2v) is 4.73. The molecule has 2 nitrogen and oxygen atoms in total. The summed E-state index contributed by atoms with van der Waals surface area (Å²) in [7, 11) is 0. The third kappa shape index (κ3) is 3.46. The van der Waals surface area contributed by atoms with E-state index in [4.69, 9.17) is 23.2 Å². The zero-order valence-electron chi connectivity index (χ0n) is 9.79. The number of carbonyl (C=O) groups is 1. The summed E-state index contributed by atoms with van der Waals surface area (Å²) in [5.74, 6) is -0.750. The van der Waals surface area contributed by atoms with Crippen molar-refractivity contribution in [1.29, 1.82) is 0 Å². The molecule has 0 spiro atoms. The molecule has 0 fully saturated rings. The molecule has 0 saturated heterocycles. The Hall–Kier alpha value is -1.58. The van der Waals surface area contributed by atoms with Gasteiger partial charge in [-0.3, -0.25) is 4.79 Å². The normalized spacial score (nSPS) is 10.3. The molecule has 19 heavy (non-hydrogen) atoms. The average molecular weight is 298 g/mol. The van der Waals surface area contributed by atoms with Crippen molar-refractivity contribution in [2.24, 2.45) is 0 Å². The van der Waals surface area contributed by atoms with Gasteiger partial charge < -0.3 is 5.32 Å². The minimum absolute atomic E-state index is 0.0347.